The summed E-state index contributed by atoms with van der Waals surface area (Å²) in [5.41, 5.74) is -0.262. The largest absolute Gasteiger partial charge is 0.491 e. The maximum atomic E-state index is 14.0. The van der Waals surface area contributed by atoms with Gasteiger partial charge in [0.15, 0.2) is 23.0 Å². The van der Waals surface area contributed by atoms with E-state index in [2.05, 4.69) is 16.5 Å². The van der Waals surface area contributed by atoms with Gasteiger partial charge in [-0.25, -0.2) is 14.9 Å². The van der Waals surface area contributed by atoms with Crippen LogP contribution < -0.4 is 18.9 Å². The van der Waals surface area contributed by atoms with Crippen molar-refractivity contribution in [2.45, 2.75) is 32.6 Å². The quantitative estimate of drug-likeness (QED) is 0.204. The predicted octanol–water partition coefficient (Wildman–Crippen LogP) is 6.13. The minimum Gasteiger partial charge on any atom is -0.491 e. The lowest BCUT2D eigenvalue weighted by Gasteiger charge is -2.24. The smallest absolute Gasteiger partial charge is 0.284 e. The van der Waals surface area contributed by atoms with E-state index in [1.807, 2.05) is 0 Å². The monoisotopic (exact) mass is 587 g/mol. The van der Waals surface area contributed by atoms with E-state index in [4.69, 9.17) is 42.1 Å². The van der Waals surface area contributed by atoms with Gasteiger partial charge < -0.3 is 18.9 Å². The summed E-state index contributed by atoms with van der Waals surface area (Å²) in [6, 6.07) is 2.86. The van der Waals surface area contributed by atoms with Crippen LogP contribution in [0, 0.1) is 11.8 Å². The first kappa shape index (κ1) is 29.4. The molecule has 2 heterocycles. The highest BCUT2D eigenvalue weighted by Crippen LogP contribution is 2.36. The number of hydrogen-bond donors (Lipinski definition) is 0. The van der Waals surface area contributed by atoms with Gasteiger partial charge in [0, 0.05) is 12.1 Å². The van der Waals surface area contributed by atoms with Crippen molar-refractivity contribution in [3.8, 4) is 23.0 Å². The Balaban J connectivity index is 1.77. The van der Waals surface area contributed by atoms with Gasteiger partial charge in [-0.3, -0.25) is 9.59 Å². The molecule has 2 aliphatic carbocycles. The molecule has 40 heavy (non-hydrogen) atoms. The Kier molecular flexibility index (Phi) is 9.71. The van der Waals surface area contributed by atoms with Gasteiger partial charge in [-0.2, -0.15) is 0 Å². The summed E-state index contributed by atoms with van der Waals surface area (Å²) >= 11 is 13.0. The maximum absolute atomic E-state index is 14.0. The number of pyridine rings is 2. The lowest BCUT2D eigenvalue weighted by Crippen LogP contribution is -2.38. The summed E-state index contributed by atoms with van der Waals surface area (Å²) in [5.74, 6) is 0.677. The van der Waals surface area contributed by atoms with Crippen LogP contribution in [0.5, 0.6) is 23.0 Å². The summed E-state index contributed by atoms with van der Waals surface area (Å²) in [6.07, 6.45) is 9.85. The molecule has 0 unspecified atom stereocenters. The molecule has 2 amide bonds. The van der Waals surface area contributed by atoms with E-state index in [9.17, 15) is 9.59 Å². The summed E-state index contributed by atoms with van der Waals surface area (Å²) in [7, 11) is 2.96. The highest BCUT2D eigenvalue weighted by Gasteiger charge is 2.34. The number of halogens is 2. The van der Waals surface area contributed by atoms with E-state index in [1.165, 1.54) is 50.9 Å². The second kappa shape index (κ2) is 13.2. The number of nitrogens with zero attached hydrogens (tertiary/aromatic N) is 3. The van der Waals surface area contributed by atoms with E-state index in [0.717, 1.165) is 30.6 Å². The maximum Gasteiger partial charge on any atom is 0.284 e. The fourth-order valence-electron chi connectivity index (χ4n) is 3.68. The lowest BCUT2D eigenvalue weighted by molar-refractivity contribution is 0.0664. The molecule has 0 atom stereocenters. The van der Waals surface area contributed by atoms with Gasteiger partial charge in [-0.05, 0) is 50.5 Å². The lowest BCUT2D eigenvalue weighted by atomic mass is 10.2. The number of carbonyl (C=O) groups is 2. The van der Waals surface area contributed by atoms with Crippen LogP contribution in [0.1, 0.15) is 53.6 Å². The Bertz CT molecular complexity index is 1270. The third kappa shape index (κ3) is 6.95. The van der Waals surface area contributed by atoms with Crippen LogP contribution in [-0.2, 0) is 0 Å². The molecule has 0 N–H and O–H groups in total. The Hall–Kier alpha value is -3.56. The Labute approximate surface area is 243 Å². The molecule has 11 heteroatoms. The van der Waals surface area contributed by atoms with E-state index >= 15 is 0 Å². The van der Waals surface area contributed by atoms with Crippen molar-refractivity contribution < 1.29 is 28.5 Å². The van der Waals surface area contributed by atoms with Gasteiger partial charge in [-0.1, -0.05) is 35.9 Å². The van der Waals surface area contributed by atoms with E-state index < -0.39 is 11.8 Å². The fourth-order valence-corrected chi connectivity index (χ4v) is 4.11. The van der Waals surface area contributed by atoms with Crippen molar-refractivity contribution in [3.63, 3.8) is 0 Å². The minimum absolute atomic E-state index is 0.0257. The highest BCUT2D eigenvalue weighted by atomic mass is 35.5. The second-order valence-corrected chi connectivity index (χ2v) is 10.2. The molecule has 212 valence electrons. The number of methoxy groups -OCH3 is 2. The second-order valence-electron chi connectivity index (χ2n) is 9.43. The normalized spacial score (nSPS) is 15.6. The van der Waals surface area contributed by atoms with Crippen LogP contribution in [0.2, 0.25) is 0 Å². The summed E-state index contributed by atoms with van der Waals surface area (Å²) in [5, 5.41) is 0.0197. The van der Waals surface area contributed by atoms with Crippen molar-refractivity contribution >= 4 is 35.0 Å². The molecular weight excluding hydrogens is 557 g/mol. The Morgan fingerprint density at radius 3 is 1.70 bits per heavy atom. The third-order valence-electron chi connectivity index (χ3n) is 6.40. The first-order valence-corrected chi connectivity index (χ1v) is 13.6. The molecule has 2 aromatic rings. The zero-order valence-electron chi connectivity index (χ0n) is 22.6. The molecule has 4 rings (SSSR count). The van der Waals surface area contributed by atoms with E-state index in [-0.39, 0.29) is 27.1 Å². The van der Waals surface area contributed by atoms with E-state index in [0.29, 0.717) is 48.0 Å². The zero-order chi connectivity index (χ0) is 28.8. The number of amides is 2. The van der Waals surface area contributed by atoms with Gasteiger partial charge in [0.1, 0.15) is 11.4 Å². The third-order valence-corrected chi connectivity index (χ3v) is 7.13. The van der Waals surface area contributed by atoms with Crippen LogP contribution in [-0.4, -0.2) is 54.1 Å². The van der Waals surface area contributed by atoms with Crippen LogP contribution in [0.3, 0.4) is 0 Å². The Morgan fingerprint density at radius 2 is 1.35 bits per heavy atom. The van der Waals surface area contributed by atoms with Crippen molar-refractivity contribution in [2.24, 2.45) is 11.8 Å². The highest BCUT2D eigenvalue weighted by molar-refractivity contribution is 6.37. The molecular formula is C29H31Cl2N3O6. The average molecular weight is 588 g/mol. The number of hydrogen-bond acceptors (Lipinski definition) is 8. The van der Waals surface area contributed by atoms with Crippen molar-refractivity contribution in [3.05, 3.63) is 70.4 Å². The van der Waals surface area contributed by atoms with Crippen molar-refractivity contribution in [1.82, 2.24) is 14.9 Å². The molecule has 0 saturated heterocycles. The van der Waals surface area contributed by atoms with Gasteiger partial charge in [0.2, 0.25) is 0 Å². The van der Waals surface area contributed by atoms with Gasteiger partial charge in [-0.15, -0.1) is 0 Å². The van der Waals surface area contributed by atoms with Crippen LogP contribution in [0.4, 0.5) is 0 Å². The molecule has 0 aliphatic heterocycles. The van der Waals surface area contributed by atoms with Crippen LogP contribution in [0.25, 0.3) is 0 Å². The minimum atomic E-state index is -0.808. The van der Waals surface area contributed by atoms with Crippen molar-refractivity contribution in [1.29, 1.82) is 0 Å². The molecule has 0 aromatic carbocycles. The van der Waals surface area contributed by atoms with Crippen molar-refractivity contribution in [2.75, 3.05) is 27.4 Å². The number of aromatic nitrogens is 2. The molecule has 0 spiro atoms. The molecule has 9 nitrogen and oxygen atoms in total. The van der Waals surface area contributed by atoms with Gasteiger partial charge in [0.25, 0.3) is 11.8 Å². The number of rotatable bonds is 13. The zero-order valence-corrected chi connectivity index (χ0v) is 24.1. The summed E-state index contributed by atoms with van der Waals surface area (Å²) in [4.78, 5) is 37.3. The first-order valence-electron chi connectivity index (χ1n) is 12.9. The predicted molar refractivity (Wildman–Crippen MR) is 151 cm³/mol. The molecule has 0 radical (unpaired) electrons. The standard InChI is InChI=1S/C29H31Cl2N3O6/c1-5-19(30)27(20(31)6-2)34(28(35)21-11-23(25(37-3)13-32-21)39-15-17-7-8-17)29(36)22-12-24(26(38-4)14-33-22)40-16-18-9-10-18/h5-6,11-14,17-18H,1,7-10,15-16H2,2-4H3/b20-6+,27-19-. The number of imide groups is 1. The average Bonchev–Trinajstić information content (AvgIpc) is 3.91. The van der Waals surface area contributed by atoms with E-state index in [1.54, 1.807) is 6.92 Å². The molecule has 2 aromatic heterocycles. The number of ether oxygens (including phenoxy) is 4. The summed E-state index contributed by atoms with van der Waals surface area (Å²) < 4.78 is 22.5. The molecule has 2 aliphatic rings. The van der Waals surface area contributed by atoms with Gasteiger partial charge in [0.05, 0.1) is 55.6 Å². The number of allylic oxidation sites excluding steroid dienone is 4. The fraction of sp³-hybridized carbons (Fsp3) is 0.379. The first-order chi connectivity index (χ1) is 19.3. The van der Waals surface area contributed by atoms with Crippen LogP contribution >= 0.6 is 23.2 Å². The Morgan fingerprint density at radius 1 is 0.900 bits per heavy atom. The summed E-state index contributed by atoms with van der Waals surface area (Å²) in [6.45, 7) is 6.29. The van der Waals surface area contributed by atoms with Crippen LogP contribution in [0.15, 0.2) is 59.0 Å². The van der Waals surface area contributed by atoms with Gasteiger partial charge >= 0.3 is 0 Å². The topological polar surface area (TPSA) is 100 Å². The molecule has 0 bridgehead atoms. The molecule has 2 saturated carbocycles. The number of carbonyl (C=O) groups excluding carboxylic acids is 2. The molecule has 2 fully saturated rings. The SMILES string of the molecule is C=C/C(Cl)=C(\C(Cl)=C/C)N(C(=O)c1cc(OCC2CC2)c(OC)cn1)C(=O)c1cc(OCC2CC2)c(OC)cn1.